The van der Waals surface area contributed by atoms with E-state index < -0.39 is 5.25 Å². The summed E-state index contributed by atoms with van der Waals surface area (Å²) in [5.41, 5.74) is 0.413. The molecule has 0 aliphatic heterocycles. The number of hydrogen-bond donors (Lipinski definition) is 1. The lowest BCUT2D eigenvalue weighted by Gasteiger charge is -2.13. The quantitative estimate of drug-likeness (QED) is 0.407. The fourth-order valence-corrected chi connectivity index (χ4v) is 4.26. The number of thiophene rings is 1. The van der Waals surface area contributed by atoms with Gasteiger partial charge in [-0.1, -0.05) is 52.6 Å². The van der Waals surface area contributed by atoms with E-state index in [0.29, 0.717) is 25.9 Å². The fourth-order valence-electron chi connectivity index (χ4n) is 2.10. The Hall–Kier alpha value is -1.25. The van der Waals surface area contributed by atoms with Gasteiger partial charge in [-0.25, -0.2) is 0 Å². The van der Waals surface area contributed by atoms with Crippen LogP contribution in [-0.4, -0.2) is 25.9 Å². The van der Waals surface area contributed by atoms with Crippen molar-refractivity contribution in [3.05, 3.63) is 44.7 Å². The van der Waals surface area contributed by atoms with Crippen molar-refractivity contribution in [2.24, 2.45) is 7.05 Å². The first-order valence-electron chi connectivity index (χ1n) is 7.42. The van der Waals surface area contributed by atoms with E-state index in [2.05, 4.69) is 15.5 Å². The predicted octanol–water partition coefficient (Wildman–Crippen LogP) is 5.62. The van der Waals surface area contributed by atoms with Gasteiger partial charge in [0.25, 0.3) is 0 Å². The molecule has 2 heterocycles. The summed E-state index contributed by atoms with van der Waals surface area (Å²) in [5, 5.41) is 14.3. The van der Waals surface area contributed by atoms with Crippen molar-refractivity contribution < 1.29 is 4.79 Å². The summed E-state index contributed by atoms with van der Waals surface area (Å²) in [6, 6.07) is 6.96. The molecular formula is C16H13Cl3N4OS2. The van der Waals surface area contributed by atoms with Gasteiger partial charge in [0.1, 0.15) is 0 Å². The highest BCUT2D eigenvalue weighted by molar-refractivity contribution is 8.00. The Morgan fingerprint density at radius 1 is 1.23 bits per heavy atom. The molecule has 1 N–H and O–H groups in total. The standard InChI is InChI=1S/C16H13Cl3N4OS2/c1-8(15(24)20-12-7-10(18)9(17)6-11(12)19)26-16-22-21-14(23(16)2)13-4-3-5-25-13/h3-8H,1-2H3,(H,20,24). The van der Waals surface area contributed by atoms with Crippen LogP contribution in [0, 0.1) is 0 Å². The number of nitrogens with one attached hydrogen (secondary N) is 1. The van der Waals surface area contributed by atoms with Gasteiger partial charge in [-0.05, 0) is 30.5 Å². The third-order valence-electron chi connectivity index (χ3n) is 3.50. The number of nitrogens with zero attached hydrogens (tertiary/aromatic N) is 3. The Labute approximate surface area is 173 Å². The van der Waals surface area contributed by atoms with E-state index in [1.807, 2.05) is 29.1 Å². The SMILES string of the molecule is CC(Sc1nnc(-c2cccs2)n1C)C(=O)Nc1cc(Cl)c(Cl)cc1Cl. The molecule has 0 saturated heterocycles. The molecule has 0 bridgehead atoms. The minimum Gasteiger partial charge on any atom is -0.324 e. The molecule has 0 aliphatic carbocycles. The van der Waals surface area contributed by atoms with Crippen LogP contribution in [0.2, 0.25) is 15.1 Å². The lowest BCUT2D eigenvalue weighted by atomic mass is 10.3. The molecule has 1 unspecified atom stereocenters. The molecule has 26 heavy (non-hydrogen) atoms. The van der Waals surface area contributed by atoms with E-state index in [1.54, 1.807) is 18.3 Å². The van der Waals surface area contributed by atoms with E-state index in [4.69, 9.17) is 34.8 Å². The smallest absolute Gasteiger partial charge is 0.237 e. The van der Waals surface area contributed by atoms with Crippen molar-refractivity contribution >= 4 is 69.5 Å². The maximum Gasteiger partial charge on any atom is 0.237 e. The van der Waals surface area contributed by atoms with Gasteiger partial charge in [-0.2, -0.15) is 0 Å². The second kappa shape index (κ2) is 8.19. The summed E-state index contributed by atoms with van der Waals surface area (Å²) in [7, 11) is 1.87. The van der Waals surface area contributed by atoms with Crippen LogP contribution in [0.5, 0.6) is 0 Å². The zero-order valence-corrected chi connectivity index (χ0v) is 17.6. The van der Waals surface area contributed by atoms with E-state index in [1.165, 1.54) is 23.9 Å². The van der Waals surface area contributed by atoms with Gasteiger partial charge in [-0.3, -0.25) is 4.79 Å². The van der Waals surface area contributed by atoms with E-state index in [0.717, 1.165) is 10.7 Å². The molecule has 2 aromatic heterocycles. The van der Waals surface area contributed by atoms with Gasteiger partial charge in [0.2, 0.25) is 5.91 Å². The maximum atomic E-state index is 12.5. The Morgan fingerprint density at radius 3 is 2.65 bits per heavy atom. The van der Waals surface area contributed by atoms with Crippen molar-refractivity contribution in [1.29, 1.82) is 0 Å². The van der Waals surface area contributed by atoms with Crippen molar-refractivity contribution in [3.8, 4) is 10.7 Å². The number of aromatic nitrogens is 3. The van der Waals surface area contributed by atoms with E-state index >= 15 is 0 Å². The molecule has 0 fully saturated rings. The fraction of sp³-hybridized carbons (Fsp3) is 0.188. The number of thioether (sulfide) groups is 1. The van der Waals surface area contributed by atoms with Crippen LogP contribution in [0.1, 0.15) is 6.92 Å². The average Bonchev–Trinajstić information content (AvgIpc) is 3.23. The van der Waals surface area contributed by atoms with Gasteiger partial charge in [0, 0.05) is 7.05 Å². The number of hydrogen-bond acceptors (Lipinski definition) is 5. The van der Waals surface area contributed by atoms with Gasteiger partial charge >= 0.3 is 0 Å². The van der Waals surface area contributed by atoms with Crippen molar-refractivity contribution in [1.82, 2.24) is 14.8 Å². The average molecular weight is 448 g/mol. The zero-order valence-electron chi connectivity index (χ0n) is 13.7. The number of carbonyl (C=O) groups excluding carboxylic acids is 1. The van der Waals surface area contributed by atoms with Crippen LogP contribution >= 0.6 is 57.9 Å². The number of benzene rings is 1. The summed E-state index contributed by atoms with van der Waals surface area (Å²) >= 11 is 20.9. The third-order valence-corrected chi connectivity index (χ3v) is 6.53. The van der Waals surface area contributed by atoms with Gasteiger partial charge in [0.15, 0.2) is 11.0 Å². The van der Waals surface area contributed by atoms with Crippen molar-refractivity contribution in [2.45, 2.75) is 17.3 Å². The molecule has 5 nitrogen and oxygen atoms in total. The van der Waals surface area contributed by atoms with Gasteiger partial charge in [0.05, 0.1) is 30.9 Å². The van der Waals surface area contributed by atoms with Crippen LogP contribution in [0.4, 0.5) is 5.69 Å². The second-order valence-electron chi connectivity index (χ2n) is 5.34. The summed E-state index contributed by atoms with van der Waals surface area (Å²) in [4.78, 5) is 13.5. The maximum absolute atomic E-state index is 12.5. The molecule has 1 aromatic carbocycles. The first-order chi connectivity index (χ1) is 12.4. The Morgan fingerprint density at radius 2 is 1.96 bits per heavy atom. The molecule has 1 amide bonds. The molecular weight excluding hydrogens is 435 g/mol. The van der Waals surface area contributed by atoms with Crippen LogP contribution in [0.15, 0.2) is 34.8 Å². The molecule has 3 rings (SSSR count). The van der Waals surface area contributed by atoms with Crippen molar-refractivity contribution in [2.75, 3.05) is 5.32 Å². The Bertz CT molecular complexity index is 943. The van der Waals surface area contributed by atoms with Crippen LogP contribution in [0.25, 0.3) is 10.7 Å². The number of carbonyl (C=O) groups is 1. The van der Waals surface area contributed by atoms with Crippen LogP contribution in [0.3, 0.4) is 0 Å². The first-order valence-corrected chi connectivity index (χ1v) is 10.3. The number of anilines is 1. The molecule has 10 heteroatoms. The van der Waals surface area contributed by atoms with Gasteiger partial charge < -0.3 is 9.88 Å². The molecule has 136 valence electrons. The normalized spacial score (nSPS) is 12.2. The summed E-state index contributed by atoms with van der Waals surface area (Å²) < 4.78 is 1.87. The van der Waals surface area contributed by atoms with Crippen LogP contribution in [-0.2, 0) is 11.8 Å². The second-order valence-corrected chi connectivity index (χ2v) is 8.82. The highest BCUT2D eigenvalue weighted by Gasteiger charge is 2.20. The monoisotopic (exact) mass is 446 g/mol. The molecule has 1 atom stereocenters. The minimum atomic E-state index is -0.417. The van der Waals surface area contributed by atoms with Gasteiger partial charge in [-0.15, -0.1) is 21.5 Å². The topological polar surface area (TPSA) is 59.8 Å². The largest absolute Gasteiger partial charge is 0.324 e. The minimum absolute atomic E-state index is 0.226. The molecule has 0 saturated carbocycles. The molecule has 0 radical (unpaired) electrons. The summed E-state index contributed by atoms with van der Waals surface area (Å²) in [6.45, 7) is 1.78. The molecule has 3 aromatic rings. The van der Waals surface area contributed by atoms with Crippen molar-refractivity contribution in [3.63, 3.8) is 0 Å². The molecule has 0 aliphatic rings. The number of amides is 1. The number of halogens is 3. The lowest BCUT2D eigenvalue weighted by molar-refractivity contribution is -0.115. The predicted molar refractivity (Wildman–Crippen MR) is 110 cm³/mol. The van der Waals surface area contributed by atoms with E-state index in [9.17, 15) is 4.79 Å². The summed E-state index contributed by atoms with van der Waals surface area (Å²) in [6.07, 6.45) is 0. The first kappa shape index (κ1) is 19.5. The highest BCUT2D eigenvalue weighted by atomic mass is 35.5. The Kier molecular flexibility index (Phi) is 6.14. The Balaban J connectivity index is 1.71. The third kappa shape index (κ3) is 4.18. The lowest BCUT2D eigenvalue weighted by Crippen LogP contribution is -2.23. The van der Waals surface area contributed by atoms with E-state index in [-0.39, 0.29) is 5.91 Å². The van der Waals surface area contributed by atoms with Crippen LogP contribution < -0.4 is 5.32 Å². The summed E-state index contributed by atoms with van der Waals surface area (Å²) in [5.74, 6) is 0.540. The zero-order chi connectivity index (χ0) is 18.8. The molecule has 0 spiro atoms. The number of rotatable bonds is 5. The highest BCUT2D eigenvalue weighted by Crippen LogP contribution is 2.33.